The van der Waals surface area contributed by atoms with Crippen molar-refractivity contribution in [2.75, 3.05) is 0 Å². The minimum atomic E-state index is 0.731. The molecule has 1 rings (SSSR count). The molecule has 1 atom stereocenters. The Hall–Kier alpha value is -0.790. The molecule has 0 amide bonds. The summed E-state index contributed by atoms with van der Waals surface area (Å²) in [6.45, 7) is 8.06. The summed E-state index contributed by atoms with van der Waals surface area (Å²) in [6.07, 6.45) is 37.1. The fraction of sp³-hybridized carbons (Fsp3) is 0.903. The lowest BCUT2D eigenvalue weighted by Crippen LogP contribution is -2.37. The van der Waals surface area contributed by atoms with Crippen LogP contribution in [0.5, 0.6) is 0 Å². The van der Waals surface area contributed by atoms with E-state index < -0.39 is 0 Å². The quantitative estimate of drug-likeness (QED) is 0.110. The smallest absolute Gasteiger partial charge is 0.247 e. The van der Waals surface area contributed by atoms with E-state index in [1.165, 1.54) is 154 Å². The fourth-order valence-electron chi connectivity index (χ4n) is 5.34. The van der Waals surface area contributed by atoms with Crippen molar-refractivity contribution in [3.8, 4) is 0 Å². The van der Waals surface area contributed by atoms with Crippen molar-refractivity contribution in [2.45, 2.75) is 181 Å². The first kappa shape index (κ1) is 30.2. The second-order valence-corrected chi connectivity index (χ2v) is 10.7. The van der Waals surface area contributed by atoms with Crippen molar-refractivity contribution < 1.29 is 4.57 Å². The third-order valence-electron chi connectivity index (χ3n) is 7.46. The van der Waals surface area contributed by atoms with Gasteiger partial charge in [0.25, 0.3) is 5.82 Å². The van der Waals surface area contributed by atoms with Crippen LogP contribution < -0.4 is 4.57 Å². The van der Waals surface area contributed by atoms with E-state index in [0.717, 1.165) is 12.5 Å². The van der Waals surface area contributed by atoms with Gasteiger partial charge in [-0.1, -0.05) is 149 Å². The van der Waals surface area contributed by atoms with Crippen LogP contribution in [-0.2, 0) is 6.54 Å². The van der Waals surface area contributed by atoms with E-state index in [9.17, 15) is 0 Å². The largest absolute Gasteiger partial charge is 0.257 e. The zero-order valence-electron chi connectivity index (χ0n) is 23.1. The van der Waals surface area contributed by atoms with E-state index in [1.807, 2.05) is 0 Å². The molecule has 0 fully saturated rings. The Kier molecular flexibility index (Phi) is 21.1. The number of aryl methyl sites for hydroxylation is 1. The van der Waals surface area contributed by atoms with Crippen molar-refractivity contribution in [1.29, 1.82) is 0 Å². The number of nitrogens with one attached hydrogen (secondary N) is 1. The maximum Gasteiger partial charge on any atom is 0.257 e. The van der Waals surface area contributed by atoms with Gasteiger partial charge >= 0.3 is 0 Å². The Balaban J connectivity index is 2.21. The van der Waals surface area contributed by atoms with Crippen LogP contribution in [0.3, 0.4) is 0 Å². The van der Waals surface area contributed by atoms with Gasteiger partial charge in [0.05, 0.1) is 12.5 Å². The lowest BCUT2D eigenvalue weighted by atomic mass is 9.93. The predicted molar refractivity (Wildman–Crippen MR) is 147 cm³/mol. The molecule has 0 aliphatic rings. The Morgan fingerprint density at radius 2 is 0.939 bits per heavy atom. The SMILES string of the molecule is CCCCCCCCCCCCCC[C@H](CCCCCCCCCC)c1[nH]cc[n+]1CCC. The van der Waals surface area contributed by atoms with Gasteiger partial charge in [0, 0.05) is 0 Å². The van der Waals surface area contributed by atoms with E-state index >= 15 is 0 Å². The lowest BCUT2D eigenvalue weighted by Gasteiger charge is -2.14. The molecule has 0 spiro atoms. The highest BCUT2D eigenvalue weighted by molar-refractivity contribution is 4.90. The minimum absolute atomic E-state index is 0.731. The van der Waals surface area contributed by atoms with E-state index in [2.05, 4.69) is 42.7 Å². The topological polar surface area (TPSA) is 19.7 Å². The first-order valence-electron chi connectivity index (χ1n) is 15.4. The summed E-state index contributed by atoms with van der Waals surface area (Å²) in [5, 5.41) is 0. The molecular formula is C31H61N2+. The second-order valence-electron chi connectivity index (χ2n) is 10.7. The maximum absolute atomic E-state index is 3.62. The van der Waals surface area contributed by atoms with Gasteiger partial charge in [0.15, 0.2) is 0 Å². The zero-order valence-corrected chi connectivity index (χ0v) is 23.1. The number of imidazole rings is 1. The number of unbranched alkanes of at least 4 members (excludes halogenated alkanes) is 18. The van der Waals surface area contributed by atoms with Crippen LogP contribution in [0.25, 0.3) is 0 Å². The Morgan fingerprint density at radius 3 is 1.33 bits per heavy atom. The second kappa shape index (κ2) is 23.0. The van der Waals surface area contributed by atoms with E-state index in [1.54, 1.807) is 0 Å². The summed E-state index contributed by atoms with van der Waals surface area (Å²) in [7, 11) is 0. The Labute approximate surface area is 208 Å². The molecule has 0 saturated carbocycles. The molecule has 0 aromatic carbocycles. The normalized spacial score (nSPS) is 12.5. The average Bonchev–Trinajstić information content (AvgIpc) is 3.28. The Morgan fingerprint density at radius 1 is 0.545 bits per heavy atom. The minimum Gasteiger partial charge on any atom is -0.247 e. The molecule has 1 N–H and O–H groups in total. The third kappa shape index (κ3) is 16.5. The average molecular weight is 462 g/mol. The fourth-order valence-corrected chi connectivity index (χ4v) is 5.34. The van der Waals surface area contributed by atoms with Gasteiger partial charge in [-0.15, -0.1) is 0 Å². The molecule has 0 saturated heterocycles. The van der Waals surface area contributed by atoms with Crippen molar-refractivity contribution >= 4 is 0 Å². The summed E-state index contributed by atoms with van der Waals surface area (Å²) in [6, 6.07) is 0. The molecule has 1 heterocycles. The van der Waals surface area contributed by atoms with Crippen LogP contribution in [0.1, 0.15) is 180 Å². The summed E-state index contributed by atoms with van der Waals surface area (Å²) < 4.78 is 2.50. The molecule has 2 nitrogen and oxygen atoms in total. The molecule has 0 radical (unpaired) electrons. The van der Waals surface area contributed by atoms with Gasteiger partial charge in [-0.25, -0.2) is 9.55 Å². The lowest BCUT2D eigenvalue weighted by molar-refractivity contribution is -0.704. The van der Waals surface area contributed by atoms with Gasteiger partial charge < -0.3 is 0 Å². The van der Waals surface area contributed by atoms with Crippen LogP contribution in [0.2, 0.25) is 0 Å². The van der Waals surface area contributed by atoms with Gasteiger partial charge in [-0.05, 0) is 19.3 Å². The summed E-state index contributed by atoms with van der Waals surface area (Å²) in [5.74, 6) is 2.23. The highest BCUT2D eigenvalue weighted by atomic mass is 15.1. The maximum atomic E-state index is 3.62. The number of rotatable bonds is 25. The summed E-state index contributed by atoms with van der Waals surface area (Å²) >= 11 is 0. The summed E-state index contributed by atoms with van der Waals surface area (Å²) in [4.78, 5) is 3.62. The molecule has 2 heteroatoms. The monoisotopic (exact) mass is 461 g/mol. The highest BCUT2D eigenvalue weighted by Gasteiger charge is 2.22. The predicted octanol–water partition coefficient (Wildman–Crippen LogP) is 10.4. The van der Waals surface area contributed by atoms with Gasteiger partial charge in [-0.2, -0.15) is 0 Å². The molecule has 0 bridgehead atoms. The first-order chi connectivity index (χ1) is 16.3. The molecular weight excluding hydrogens is 400 g/mol. The van der Waals surface area contributed by atoms with Crippen molar-refractivity contribution in [3.63, 3.8) is 0 Å². The van der Waals surface area contributed by atoms with Crippen molar-refractivity contribution in [3.05, 3.63) is 18.2 Å². The van der Waals surface area contributed by atoms with Crippen LogP contribution >= 0.6 is 0 Å². The van der Waals surface area contributed by atoms with Crippen LogP contribution in [-0.4, -0.2) is 4.98 Å². The highest BCUT2D eigenvalue weighted by Crippen LogP contribution is 2.26. The number of H-pyrrole nitrogens is 1. The molecule has 194 valence electrons. The number of aromatic nitrogens is 2. The Bertz CT molecular complexity index is 507. The van der Waals surface area contributed by atoms with E-state index in [-0.39, 0.29) is 0 Å². The van der Waals surface area contributed by atoms with Crippen LogP contribution in [0.4, 0.5) is 0 Å². The number of hydrogen-bond acceptors (Lipinski definition) is 0. The zero-order chi connectivity index (χ0) is 23.8. The van der Waals surface area contributed by atoms with Gasteiger partial charge in [0.1, 0.15) is 12.4 Å². The van der Waals surface area contributed by atoms with Crippen molar-refractivity contribution in [1.82, 2.24) is 4.98 Å². The third-order valence-corrected chi connectivity index (χ3v) is 7.46. The summed E-state index contributed by atoms with van der Waals surface area (Å²) in [5.41, 5.74) is 0. The van der Waals surface area contributed by atoms with Crippen LogP contribution in [0, 0.1) is 0 Å². The molecule has 1 aromatic heterocycles. The van der Waals surface area contributed by atoms with Gasteiger partial charge in [0.2, 0.25) is 0 Å². The van der Waals surface area contributed by atoms with E-state index in [0.29, 0.717) is 0 Å². The number of nitrogens with zero attached hydrogens (tertiary/aromatic N) is 1. The molecule has 0 aliphatic carbocycles. The molecule has 0 aliphatic heterocycles. The van der Waals surface area contributed by atoms with Crippen LogP contribution in [0.15, 0.2) is 12.4 Å². The van der Waals surface area contributed by atoms with Crippen molar-refractivity contribution in [2.24, 2.45) is 0 Å². The molecule has 33 heavy (non-hydrogen) atoms. The van der Waals surface area contributed by atoms with Gasteiger partial charge in [-0.3, -0.25) is 0 Å². The number of hydrogen-bond donors (Lipinski definition) is 1. The standard InChI is InChI=1S/C31H60N2/c1-4-7-9-11-13-15-16-17-18-20-22-24-26-30(31-32-27-29-33(31)28-6-3)25-23-21-19-14-12-10-8-5-2/h27,29-30H,4-26,28H2,1-3H3/p+1/t30-/m0/s1. The van der Waals surface area contributed by atoms with E-state index in [4.69, 9.17) is 0 Å². The molecule has 1 aromatic rings. The first-order valence-corrected chi connectivity index (χ1v) is 15.4. The molecule has 0 unspecified atom stereocenters. The number of aromatic amines is 1.